The number of nitrogens with two attached hydrogens (primary N) is 1. The van der Waals surface area contributed by atoms with Gasteiger partial charge < -0.3 is 15.9 Å². The SMILES string of the molecule is Cc1nc(N(CC(=O)O[C@@H]2C[C@H](C)CC[C@H]2C(C)C)S(=O)(=O)c2ccc(NC(=O)c3ccccc3Br)cc2)c(C)n1N. The lowest BCUT2D eigenvalue weighted by Crippen LogP contribution is -2.41. The van der Waals surface area contributed by atoms with Gasteiger partial charge in [-0.15, -0.1) is 0 Å². The second kappa shape index (κ2) is 12.9. The average Bonchev–Trinajstić information content (AvgIpc) is 3.18. The maximum atomic E-state index is 14.0. The van der Waals surface area contributed by atoms with E-state index in [-0.39, 0.29) is 28.6 Å². The van der Waals surface area contributed by atoms with Gasteiger partial charge in [0.15, 0.2) is 5.82 Å². The molecule has 1 aliphatic carbocycles. The number of nitrogens with zero attached hydrogens (tertiary/aromatic N) is 3. The second-order valence-electron chi connectivity index (χ2n) is 11.3. The van der Waals surface area contributed by atoms with Crippen LogP contribution in [0.15, 0.2) is 57.9 Å². The summed E-state index contributed by atoms with van der Waals surface area (Å²) >= 11 is 3.36. The van der Waals surface area contributed by atoms with E-state index in [1.165, 1.54) is 28.9 Å². The van der Waals surface area contributed by atoms with E-state index in [4.69, 9.17) is 10.6 Å². The Bertz CT molecular complexity index is 1550. The van der Waals surface area contributed by atoms with Crippen molar-refractivity contribution in [3.05, 3.63) is 70.1 Å². The van der Waals surface area contributed by atoms with E-state index < -0.39 is 22.5 Å². The molecule has 0 bridgehead atoms. The lowest BCUT2D eigenvalue weighted by atomic mass is 9.75. The van der Waals surface area contributed by atoms with E-state index in [2.05, 4.69) is 47.0 Å². The molecule has 2 aromatic carbocycles. The van der Waals surface area contributed by atoms with Crippen LogP contribution in [0.4, 0.5) is 11.5 Å². The number of carbonyl (C=O) groups excluding carboxylic acids is 2. The number of rotatable bonds is 9. The summed E-state index contributed by atoms with van der Waals surface area (Å²) in [6.45, 7) is 9.10. The Morgan fingerprint density at radius 2 is 1.81 bits per heavy atom. The number of amides is 1. The Morgan fingerprint density at radius 1 is 1.14 bits per heavy atom. The highest BCUT2D eigenvalue weighted by molar-refractivity contribution is 9.10. The van der Waals surface area contributed by atoms with Crippen LogP contribution in [0.5, 0.6) is 0 Å². The molecule has 1 heterocycles. The molecule has 42 heavy (non-hydrogen) atoms. The number of ether oxygens (including phenoxy) is 1. The van der Waals surface area contributed by atoms with Gasteiger partial charge in [-0.2, -0.15) is 0 Å². The highest BCUT2D eigenvalue weighted by atomic mass is 79.9. The molecule has 3 atom stereocenters. The van der Waals surface area contributed by atoms with Gasteiger partial charge in [-0.05, 0) is 96.8 Å². The summed E-state index contributed by atoms with van der Waals surface area (Å²) in [6, 6.07) is 12.7. The number of halogens is 1. The minimum absolute atomic E-state index is 0.0516. The molecule has 1 fully saturated rings. The number of hydrogen-bond acceptors (Lipinski definition) is 7. The van der Waals surface area contributed by atoms with Crippen molar-refractivity contribution in [3.8, 4) is 0 Å². The maximum Gasteiger partial charge on any atom is 0.327 e. The smallest absolute Gasteiger partial charge is 0.327 e. The molecule has 0 aliphatic heterocycles. The zero-order valence-electron chi connectivity index (χ0n) is 24.5. The molecule has 12 heteroatoms. The van der Waals surface area contributed by atoms with E-state index in [0.717, 1.165) is 23.6 Å². The number of aromatic nitrogens is 2. The number of nitrogen functional groups attached to an aromatic ring is 1. The fourth-order valence-corrected chi connectivity index (χ4v) is 7.28. The zero-order chi connectivity index (χ0) is 30.8. The van der Waals surface area contributed by atoms with E-state index in [0.29, 0.717) is 39.1 Å². The quantitative estimate of drug-likeness (QED) is 0.231. The van der Waals surface area contributed by atoms with Crippen molar-refractivity contribution in [2.24, 2.45) is 17.8 Å². The second-order valence-corrected chi connectivity index (χ2v) is 14.0. The first-order chi connectivity index (χ1) is 19.8. The number of aryl methyl sites for hydroxylation is 1. The molecule has 10 nitrogen and oxygen atoms in total. The molecule has 1 amide bonds. The Labute approximate surface area is 255 Å². The molecular weight excluding hydrogens is 622 g/mol. The summed E-state index contributed by atoms with van der Waals surface area (Å²) in [5, 5.41) is 2.77. The summed E-state index contributed by atoms with van der Waals surface area (Å²) in [4.78, 5) is 30.3. The van der Waals surface area contributed by atoms with Gasteiger partial charge in [0, 0.05) is 10.2 Å². The number of imidazole rings is 1. The summed E-state index contributed by atoms with van der Waals surface area (Å²) in [7, 11) is -4.28. The van der Waals surface area contributed by atoms with Crippen molar-refractivity contribution >= 4 is 49.3 Å². The van der Waals surface area contributed by atoms with Crippen LogP contribution < -0.4 is 15.5 Å². The fourth-order valence-electron chi connectivity index (χ4n) is 5.40. The number of nitrogens with one attached hydrogen (secondary N) is 1. The number of hydrogen-bond donors (Lipinski definition) is 2. The maximum absolute atomic E-state index is 14.0. The van der Waals surface area contributed by atoms with Crippen molar-refractivity contribution in [1.29, 1.82) is 0 Å². The van der Waals surface area contributed by atoms with Crippen molar-refractivity contribution in [2.75, 3.05) is 22.0 Å². The third kappa shape index (κ3) is 6.81. The van der Waals surface area contributed by atoms with Crippen LogP contribution in [0.2, 0.25) is 0 Å². The Balaban J connectivity index is 1.60. The number of carbonyl (C=O) groups is 2. The monoisotopic (exact) mass is 659 g/mol. The van der Waals surface area contributed by atoms with Gasteiger partial charge in [0.2, 0.25) is 0 Å². The Kier molecular flexibility index (Phi) is 9.67. The largest absolute Gasteiger partial charge is 0.461 e. The third-order valence-corrected chi connectivity index (χ3v) is 10.3. The van der Waals surface area contributed by atoms with Gasteiger partial charge in [0.25, 0.3) is 15.9 Å². The van der Waals surface area contributed by atoms with Gasteiger partial charge in [0.1, 0.15) is 18.5 Å². The average molecular weight is 661 g/mol. The van der Waals surface area contributed by atoms with Crippen molar-refractivity contribution in [3.63, 3.8) is 0 Å². The fraction of sp³-hybridized carbons (Fsp3) is 0.433. The lowest BCUT2D eigenvalue weighted by molar-refractivity contribution is -0.153. The number of anilines is 2. The molecule has 3 aromatic rings. The van der Waals surface area contributed by atoms with Gasteiger partial charge in [-0.25, -0.2) is 22.4 Å². The van der Waals surface area contributed by atoms with E-state index >= 15 is 0 Å². The first kappa shape index (κ1) is 31.6. The molecule has 1 saturated carbocycles. The van der Waals surface area contributed by atoms with Crippen LogP contribution in [0.1, 0.15) is 61.9 Å². The first-order valence-corrected chi connectivity index (χ1v) is 16.2. The molecule has 0 unspecified atom stereocenters. The van der Waals surface area contributed by atoms with Gasteiger partial charge in [-0.3, -0.25) is 9.59 Å². The predicted octanol–water partition coefficient (Wildman–Crippen LogP) is 5.43. The predicted molar refractivity (Wildman–Crippen MR) is 166 cm³/mol. The molecule has 1 aromatic heterocycles. The van der Waals surface area contributed by atoms with E-state index in [9.17, 15) is 18.0 Å². The standard InChI is InChI=1S/C30H38BrN5O5S/c1-18(2)24-15-10-19(3)16-27(24)41-28(37)17-35(29-20(4)36(32)21(5)33-29)42(39,40)23-13-11-22(12-14-23)34-30(38)25-8-6-7-9-26(25)31/h6-9,11-14,18-19,24,27H,10,15-17,32H2,1-5H3,(H,34,38)/t19-,24+,27-/m1/s1. The van der Waals surface area contributed by atoms with E-state index in [1.807, 2.05) is 0 Å². The van der Waals surface area contributed by atoms with Crippen LogP contribution in [0, 0.1) is 31.6 Å². The highest BCUT2D eigenvalue weighted by Gasteiger charge is 2.36. The van der Waals surface area contributed by atoms with Crippen molar-refractivity contribution < 1.29 is 22.7 Å². The molecular formula is C30H38BrN5O5S. The zero-order valence-corrected chi connectivity index (χ0v) is 26.9. The lowest BCUT2D eigenvalue weighted by Gasteiger charge is -2.37. The number of benzene rings is 2. The Morgan fingerprint density at radius 3 is 2.40 bits per heavy atom. The molecule has 0 saturated heterocycles. The minimum atomic E-state index is -4.28. The van der Waals surface area contributed by atoms with Gasteiger partial charge >= 0.3 is 5.97 Å². The Hall–Kier alpha value is -3.38. The molecule has 3 N–H and O–H groups in total. The minimum Gasteiger partial charge on any atom is -0.461 e. The summed E-state index contributed by atoms with van der Waals surface area (Å²) in [5.41, 5.74) is 1.23. The highest BCUT2D eigenvalue weighted by Crippen LogP contribution is 2.36. The first-order valence-electron chi connectivity index (χ1n) is 14.0. The normalized spacial score (nSPS) is 19.0. The summed E-state index contributed by atoms with van der Waals surface area (Å²) in [6.07, 6.45) is 2.49. The van der Waals surface area contributed by atoms with Gasteiger partial charge in [-0.1, -0.05) is 39.3 Å². The van der Waals surface area contributed by atoms with Crippen molar-refractivity contribution in [2.45, 2.75) is 64.9 Å². The van der Waals surface area contributed by atoms with Gasteiger partial charge in [0.05, 0.1) is 16.2 Å². The van der Waals surface area contributed by atoms with E-state index in [1.54, 1.807) is 38.1 Å². The summed E-state index contributed by atoms with van der Waals surface area (Å²) < 4.78 is 36.8. The molecule has 4 rings (SSSR count). The third-order valence-electron chi connectivity index (χ3n) is 7.87. The molecule has 0 spiro atoms. The summed E-state index contributed by atoms with van der Waals surface area (Å²) in [5.74, 6) is 6.47. The van der Waals surface area contributed by atoms with Crippen molar-refractivity contribution in [1.82, 2.24) is 9.66 Å². The topological polar surface area (TPSA) is 137 Å². The molecule has 1 aliphatic rings. The molecule has 226 valence electrons. The van der Waals surface area contributed by atoms with Crippen LogP contribution in [0.3, 0.4) is 0 Å². The van der Waals surface area contributed by atoms with Crippen LogP contribution in [0.25, 0.3) is 0 Å². The number of esters is 1. The number of sulfonamides is 1. The van der Waals surface area contributed by atoms with Crippen LogP contribution in [-0.4, -0.2) is 42.6 Å². The van der Waals surface area contributed by atoms with Crippen LogP contribution in [-0.2, 0) is 19.6 Å². The van der Waals surface area contributed by atoms with Crippen LogP contribution >= 0.6 is 15.9 Å². The molecule has 0 radical (unpaired) electrons.